The van der Waals surface area contributed by atoms with Crippen molar-refractivity contribution in [3.8, 4) is 0 Å². The molecule has 1 amide bonds. The zero-order valence-electron chi connectivity index (χ0n) is 16.2. The normalized spacial score (nSPS) is 25.4. The highest BCUT2D eigenvalue weighted by Crippen LogP contribution is 2.24. The van der Waals surface area contributed by atoms with Crippen LogP contribution < -0.4 is 5.32 Å². The molecule has 2 aliphatic heterocycles. The minimum absolute atomic E-state index is 0.0459. The Balaban J connectivity index is 1.51. The summed E-state index contributed by atoms with van der Waals surface area (Å²) in [5.41, 5.74) is 2.52. The monoisotopic (exact) mass is 410 g/mol. The first-order valence-electron chi connectivity index (χ1n) is 9.78. The van der Waals surface area contributed by atoms with Crippen LogP contribution in [0.25, 0.3) is 0 Å². The third-order valence-corrected chi connectivity index (χ3v) is 8.32. The molecule has 1 aromatic carbocycles. The van der Waals surface area contributed by atoms with Crippen LogP contribution in [0.3, 0.4) is 0 Å². The van der Waals surface area contributed by atoms with Crippen molar-refractivity contribution >= 4 is 27.5 Å². The van der Waals surface area contributed by atoms with Gasteiger partial charge in [-0.1, -0.05) is 12.5 Å². The zero-order chi connectivity index (χ0) is 19.4. The van der Waals surface area contributed by atoms with Crippen molar-refractivity contribution in [2.75, 3.05) is 30.3 Å². The molecule has 0 spiro atoms. The fourth-order valence-corrected chi connectivity index (χ4v) is 6.82. The summed E-state index contributed by atoms with van der Waals surface area (Å²) in [5, 5.41) is 3.02. The summed E-state index contributed by atoms with van der Waals surface area (Å²) in [6.07, 6.45) is 3.84. The Morgan fingerprint density at radius 3 is 2.59 bits per heavy atom. The predicted molar refractivity (Wildman–Crippen MR) is 111 cm³/mol. The Hall–Kier alpha value is -1.05. The van der Waals surface area contributed by atoms with Crippen LogP contribution in [-0.4, -0.2) is 61.7 Å². The molecule has 2 atom stereocenters. The number of rotatable bonds is 6. The number of nitrogens with zero attached hydrogens (tertiary/aromatic N) is 1. The maximum atomic E-state index is 12.4. The molecule has 2 fully saturated rings. The highest BCUT2D eigenvalue weighted by Gasteiger charge is 2.41. The molecule has 0 aliphatic carbocycles. The average molecular weight is 411 g/mol. The first-order chi connectivity index (χ1) is 12.8. The number of amides is 1. The van der Waals surface area contributed by atoms with Crippen molar-refractivity contribution in [1.82, 2.24) is 10.2 Å². The van der Waals surface area contributed by atoms with Crippen molar-refractivity contribution in [2.45, 2.75) is 56.5 Å². The Bertz CT molecular complexity index is 773. The Morgan fingerprint density at radius 1 is 1.15 bits per heavy atom. The molecular formula is C20H30N2O3S2. The van der Waals surface area contributed by atoms with Crippen LogP contribution in [0.1, 0.15) is 36.8 Å². The summed E-state index contributed by atoms with van der Waals surface area (Å²) in [4.78, 5) is 15.8. The number of aryl methyl sites for hydroxylation is 2. The van der Waals surface area contributed by atoms with Crippen LogP contribution in [0.4, 0.5) is 0 Å². The summed E-state index contributed by atoms with van der Waals surface area (Å²) < 4.78 is 24.3. The van der Waals surface area contributed by atoms with Crippen LogP contribution in [0.2, 0.25) is 0 Å². The maximum Gasteiger partial charge on any atom is 0.221 e. The molecule has 7 heteroatoms. The Labute approximate surface area is 167 Å². The van der Waals surface area contributed by atoms with Gasteiger partial charge in [0.05, 0.1) is 17.5 Å². The van der Waals surface area contributed by atoms with Gasteiger partial charge in [0.1, 0.15) is 0 Å². The first-order valence-corrected chi connectivity index (χ1v) is 12.6. The Kier molecular flexibility index (Phi) is 6.87. The summed E-state index contributed by atoms with van der Waals surface area (Å²) in [6, 6.07) is 6.00. The largest absolute Gasteiger partial charge is 0.351 e. The highest BCUT2D eigenvalue weighted by atomic mass is 32.2. The van der Waals surface area contributed by atoms with E-state index in [9.17, 15) is 13.2 Å². The SMILES string of the molecule is Cc1ccc(SCCC(=O)NC2CS(=O)(=O)CC2N2CCCCC2)cc1C. The second-order valence-corrected chi connectivity index (χ2v) is 11.1. The molecule has 0 saturated carbocycles. The molecule has 27 heavy (non-hydrogen) atoms. The van der Waals surface area contributed by atoms with E-state index in [0.717, 1.165) is 25.9 Å². The van der Waals surface area contributed by atoms with Gasteiger partial charge in [-0.15, -0.1) is 11.8 Å². The second kappa shape index (κ2) is 8.97. The first kappa shape index (κ1) is 20.7. The maximum absolute atomic E-state index is 12.4. The molecule has 2 aliphatic rings. The van der Waals surface area contributed by atoms with Crippen molar-refractivity contribution in [3.05, 3.63) is 29.3 Å². The van der Waals surface area contributed by atoms with E-state index in [-0.39, 0.29) is 29.5 Å². The molecule has 1 N–H and O–H groups in total. The minimum atomic E-state index is -3.07. The number of hydrogen-bond donors (Lipinski definition) is 1. The van der Waals surface area contributed by atoms with Gasteiger partial charge in [0.2, 0.25) is 5.91 Å². The fraction of sp³-hybridized carbons (Fsp3) is 0.650. The molecule has 0 aromatic heterocycles. The topological polar surface area (TPSA) is 66.5 Å². The second-order valence-electron chi connectivity index (χ2n) is 7.76. The van der Waals surface area contributed by atoms with E-state index in [1.54, 1.807) is 11.8 Å². The van der Waals surface area contributed by atoms with Crippen LogP contribution in [-0.2, 0) is 14.6 Å². The van der Waals surface area contributed by atoms with Gasteiger partial charge < -0.3 is 5.32 Å². The van der Waals surface area contributed by atoms with Gasteiger partial charge in [-0.3, -0.25) is 9.69 Å². The van der Waals surface area contributed by atoms with Crippen molar-refractivity contribution in [3.63, 3.8) is 0 Å². The zero-order valence-corrected chi connectivity index (χ0v) is 17.9. The van der Waals surface area contributed by atoms with Gasteiger partial charge in [0, 0.05) is 23.1 Å². The van der Waals surface area contributed by atoms with E-state index >= 15 is 0 Å². The number of nitrogens with one attached hydrogen (secondary N) is 1. The lowest BCUT2D eigenvalue weighted by molar-refractivity contribution is -0.121. The molecule has 2 saturated heterocycles. The van der Waals surface area contributed by atoms with Gasteiger partial charge in [-0.2, -0.15) is 0 Å². The minimum Gasteiger partial charge on any atom is -0.351 e. The van der Waals surface area contributed by atoms with Crippen molar-refractivity contribution in [1.29, 1.82) is 0 Å². The van der Waals surface area contributed by atoms with E-state index in [1.165, 1.54) is 22.4 Å². The molecule has 0 radical (unpaired) electrons. The molecule has 0 bridgehead atoms. The van der Waals surface area contributed by atoms with Gasteiger partial charge in [0.25, 0.3) is 0 Å². The van der Waals surface area contributed by atoms with Crippen LogP contribution in [0.15, 0.2) is 23.1 Å². The molecule has 3 rings (SSSR count). The lowest BCUT2D eigenvalue weighted by atomic mass is 10.0. The lowest BCUT2D eigenvalue weighted by Crippen LogP contribution is -2.52. The smallest absolute Gasteiger partial charge is 0.221 e. The van der Waals surface area contributed by atoms with Gasteiger partial charge >= 0.3 is 0 Å². The van der Waals surface area contributed by atoms with Crippen LogP contribution >= 0.6 is 11.8 Å². The van der Waals surface area contributed by atoms with E-state index in [0.29, 0.717) is 12.2 Å². The standard InChI is InChI=1S/C20H30N2O3S2/c1-15-6-7-17(12-16(15)2)26-11-8-20(23)21-18-13-27(24,25)14-19(18)22-9-4-3-5-10-22/h6-7,12,18-19H,3-5,8-11,13-14H2,1-2H3,(H,21,23). The number of sulfone groups is 1. The summed E-state index contributed by atoms with van der Waals surface area (Å²) in [7, 11) is -3.07. The number of piperidine rings is 1. The summed E-state index contributed by atoms with van der Waals surface area (Å²) >= 11 is 1.67. The van der Waals surface area contributed by atoms with Crippen LogP contribution in [0, 0.1) is 13.8 Å². The number of likely N-dealkylation sites (tertiary alicyclic amines) is 1. The summed E-state index contributed by atoms with van der Waals surface area (Å²) in [6.45, 7) is 6.06. The molecule has 5 nitrogen and oxygen atoms in total. The number of hydrogen-bond acceptors (Lipinski definition) is 5. The average Bonchev–Trinajstić information content (AvgIpc) is 2.93. The van der Waals surface area contributed by atoms with Gasteiger partial charge in [-0.05, 0) is 63.0 Å². The number of carbonyl (C=O) groups excluding carboxylic acids is 1. The van der Waals surface area contributed by atoms with Crippen LogP contribution in [0.5, 0.6) is 0 Å². The molecule has 2 heterocycles. The molecule has 2 unspecified atom stereocenters. The van der Waals surface area contributed by atoms with E-state index < -0.39 is 9.84 Å². The molecule has 150 valence electrons. The van der Waals surface area contributed by atoms with Crippen molar-refractivity contribution < 1.29 is 13.2 Å². The van der Waals surface area contributed by atoms with E-state index in [2.05, 4.69) is 42.3 Å². The molecule has 1 aromatic rings. The van der Waals surface area contributed by atoms with E-state index in [1.807, 2.05) is 0 Å². The molecular weight excluding hydrogens is 380 g/mol. The fourth-order valence-electron chi connectivity index (χ4n) is 3.92. The van der Waals surface area contributed by atoms with E-state index in [4.69, 9.17) is 0 Å². The third-order valence-electron chi connectivity index (χ3n) is 5.60. The lowest BCUT2D eigenvalue weighted by Gasteiger charge is -2.35. The number of carbonyl (C=O) groups is 1. The van der Waals surface area contributed by atoms with Gasteiger partial charge in [0.15, 0.2) is 9.84 Å². The highest BCUT2D eigenvalue weighted by molar-refractivity contribution is 7.99. The summed E-state index contributed by atoms with van der Waals surface area (Å²) in [5.74, 6) is 0.900. The number of thioether (sulfide) groups is 1. The number of benzene rings is 1. The Morgan fingerprint density at radius 2 is 1.89 bits per heavy atom. The predicted octanol–water partition coefficient (Wildman–Crippen LogP) is 2.55. The van der Waals surface area contributed by atoms with Gasteiger partial charge in [-0.25, -0.2) is 8.42 Å². The third kappa shape index (κ3) is 5.72. The van der Waals surface area contributed by atoms with Crippen molar-refractivity contribution in [2.24, 2.45) is 0 Å². The quantitative estimate of drug-likeness (QED) is 0.730.